The van der Waals surface area contributed by atoms with Crippen LogP contribution in [0, 0.1) is 33.5 Å². The topological polar surface area (TPSA) is 0 Å². The maximum atomic E-state index is 2.62. The van der Waals surface area contributed by atoms with Crippen molar-refractivity contribution < 1.29 is 18.9 Å². The smallest absolute Gasteiger partial charge is 0.209 e. The van der Waals surface area contributed by atoms with Gasteiger partial charge in [-0.3, -0.25) is 0 Å². The van der Waals surface area contributed by atoms with Crippen LogP contribution in [0.1, 0.15) is 79.4 Å². The van der Waals surface area contributed by atoms with Gasteiger partial charge in [-0.2, -0.15) is 11.1 Å². The molecule has 5 rings (SSSR count). The van der Waals surface area contributed by atoms with E-state index in [4.69, 9.17) is 0 Å². The van der Waals surface area contributed by atoms with Gasteiger partial charge in [0.2, 0.25) is 0 Å². The van der Waals surface area contributed by atoms with E-state index in [1.165, 1.54) is 24.0 Å². The van der Waals surface area contributed by atoms with E-state index >= 15 is 0 Å². The van der Waals surface area contributed by atoms with Gasteiger partial charge in [0.25, 0.3) is 0 Å². The minimum Gasteiger partial charge on any atom is -0.209 e. The Morgan fingerprint density at radius 1 is 0.933 bits per heavy atom. The van der Waals surface area contributed by atoms with E-state index in [2.05, 4.69) is 91.8 Å². The third-order valence-corrected chi connectivity index (χ3v) is 10.8. The van der Waals surface area contributed by atoms with Gasteiger partial charge in [-0.15, -0.1) is 6.92 Å². The minimum atomic E-state index is 0. The second kappa shape index (κ2) is 6.46. The fraction of sp³-hybridized carbons (Fsp3) is 0.552. The minimum absolute atomic E-state index is 0. The fourth-order valence-electron chi connectivity index (χ4n) is 7.57. The molecule has 1 aromatic rings. The third kappa shape index (κ3) is 2.23. The van der Waals surface area contributed by atoms with Crippen LogP contribution in [-0.4, -0.2) is 0 Å². The zero-order valence-corrected chi connectivity index (χ0v) is 20.7. The standard InChI is InChI=1S/C29H37.Li/c1-18-25-22-17-19-13-9-10-14-20(19)24(22)21-15-11-12-16-23(21)29(25,8)28(6,7)27(4,5)26(18,2)3;/h9-11,13-15,23H,12,16-17H2,1-8H3;/q-1;+1. The van der Waals surface area contributed by atoms with E-state index in [9.17, 15) is 0 Å². The summed E-state index contributed by atoms with van der Waals surface area (Å²) in [6.07, 6.45) is 8.50. The van der Waals surface area contributed by atoms with E-state index in [-0.39, 0.29) is 40.5 Å². The molecule has 2 unspecified atom stereocenters. The molecule has 1 saturated carbocycles. The van der Waals surface area contributed by atoms with Crippen LogP contribution >= 0.6 is 0 Å². The summed E-state index contributed by atoms with van der Waals surface area (Å²) < 4.78 is 0. The molecule has 0 saturated heterocycles. The molecule has 0 nitrogen and oxygen atoms in total. The zero-order valence-electron chi connectivity index (χ0n) is 20.7. The first-order chi connectivity index (χ1) is 13.5. The van der Waals surface area contributed by atoms with E-state index in [0.717, 1.165) is 6.42 Å². The van der Waals surface area contributed by atoms with Gasteiger partial charge in [0.1, 0.15) is 0 Å². The van der Waals surface area contributed by atoms with Gasteiger partial charge in [0, 0.05) is 0 Å². The van der Waals surface area contributed by atoms with Crippen LogP contribution in [-0.2, 0) is 6.42 Å². The molecule has 30 heavy (non-hydrogen) atoms. The molecule has 1 fully saturated rings. The van der Waals surface area contributed by atoms with Gasteiger partial charge in [-0.05, 0) is 40.6 Å². The number of fused-ring (bicyclic) bond motifs is 6. The van der Waals surface area contributed by atoms with Crippen molar-refractivity contribution >= 4 is 5.57 Å². The Kier molecular flexibility index (Phi) is 4.77. The van der Waals surface area contributed by atoms with Crippen molar-refractivity contribution in [2.45, 2.75) is 74.7 Å². The predicted octanol–water partition coefficient (Wildman–Crippen LogP) is 4.97. The Hall–Kier alpha value is -1.09. The molecule has 4 aliphatic rings. The van der Waals surface area contributed by atoms with E-state index in [1.807, 2.05) is 0 Å². The molecule has 0 amide bonds. The number of allylic oxidation sites excluding steroid dienone is 6. The van der Waals surface area contributed by atoms with E-state index < -0.39 is 0 Å². The van der Waals surface area contributed by atoms with Gasteiger partial charge in [-0.1, -0.05) is 113 Å². The first-order valence-corrected chi connectivity index (χ1v) is 11.6. The summed E-state index contributed by atoms with van der Waals surface area (Å²) in [5, 5.41) is 0. The van der Waals surface area contributed by atoms with Crippen LogP contribution in [0.5, 0.6) is 0 Å². The number of hydrogen-bond acceptors (Lipinski definition) is 0. The summed E-state index contributed by atoms with van der Waals surface area (Å²) in [5.74, 6) is 2.24. The molecular formula is C29H37Li. The van der Waals surface area contributed by atoms with Crippen molar-refractivity contribution in [3.8, 4) is 0 Å². The average Bonchev–Trinajstić information content (AvgIpc) is 3.05. The van der Waals surface area contributed by atoms with Crippen molar-refractivity contribution in [2.75, 3.05) is 0 Å². The molecule has 154 valence electrons. The van der Waals surface area contributed by atoms with Crippen molar-refractivity contribution in [3.63, 3.8) is 0 Å². The molecule has 0 bridgehead atoms. The zero-order chi connectivity index (χ0) is 21.0. The Morgan fingerprint density at radius 3 is 2.30 bits per heavy atom. The van der Waals surface area contributed by atoms with Crippen LogP contribution in [0.15, 0.2) is 53.1 Å². The molecule has 0 spiro atoms. The fourth-order valence-corrected chi connectivity index (χ4v) is 7.57. The normalized spacial score (nSPS) is 32.1. The predicted molar refractivity (Wildman–Crippen MR) is 124 cm³/mol. The quantitative estimate of drug-likeness (QED) is 0.432. The average molecular weight is 393 g/mol. The first-order valence-electron chi connectivity index (χ1n) is 11.6. The van der Waals surface area contributed by atoms with Crippen LogP contribution in [0.3, 0.4) is 0 Å². The van der Waals surface area contributed by atoms with Crippen molar-refractivity contribution in [3.05, 3.63) is 70.2 Å². The number of rotatable bonds is 0. The van der Waals surface area contributed by atoms with Gasteiger partial charge in [0.05, 0.1) is 0 Å². The molecule has 1 heteroatoms. The Labute approximate surface area is 196 Å². The first kappa shape index (κ1) is 22.1. The molecule has 0 aliphatic heterocycles. The molecular weight excluding hydrogens is 355 g/mol. The summed E-state index contributed by atoms with van der Waals surface area (Å²) in [6, 6.07) is 9.16. The van der Waals surface area contributed by atoms with Gasteiger partial charge in [-0.25, -0.2) is 5.92 Å². The SMILES string of the molecule is C[C-]1C2=C3Cc4ccccc4C3=C3C=CCCC3C2(C)C(C)(C)C(C)(C)C1(C)C.[Li+]. The van der Waals surface area contributed by atoms with Gasteiger partial charge >= 0.3 is 18.9 Å². The Bertz CT molecular complexity index is 997. The summed E-state index contributed by atoms with van der Waals surface area (Å²) in [4.78, 5) is 0. The number of benzene rings is 1. The molecule has 4 aliphatic carbocycles. The molecule has 1 aromatic carbocycles. The Balaban J connectivity index is 0.00000218. The largest absolute Gasteiger partial charge is 1.00 e. The second-order valence-corrected chi connectivity index (χ2v) is 11.8. The number of hydrogen-bond donors (Lipinski definition) is 0. The molecule has 0 N–H and O–H groups in total. The van der Waals surface area contributed by atoms with Crippen LogP contribution in [0.4, 0.5) is 0 Å². The molecule has 0 heterocycles. The summed E-state index contributed by atoms with van der Waals surface area (Å²) in [6.45, 7) is 20.3. The van der Waals surface area contributed by atoms with Crippen molar-refractivity contribution in [1.82, 2.24) is 0 Å². The van der Waals surface area contributed by atoms with Gasteiger partial charge < -0.3 is 0 Å². The molecule has 0 aromatic heterocycles. The summed E-state index contributed by atoms with van der Waals surface area (Å²) in [5.41, 5.74) is 10.3. The van der Waals surface area contributed by atoms with Crippen LogP contribution in [0.2, 0.25) is 0 Å². The monoisotopic (exact) mass is 392 g/mol. The van der Waals surface area contributed by atoms with Crippen LogP contribution in [0.25, 0.3) is 5.57 Å². The maximum Gasteiger partial charge on any atom is 1.00 e. The molecule has 2 atom stereocenters. The second-order valence-electron chi connectivity index (χ2n) is 11.8. The summed E-state index contributed by atoms with van der Waals surface area (Å²) in [7, 11) is 0. The van der Waals surface area contributed by atoms with E-state index in [0.29, 0.717) is 5.92 Å². The van der Waals surface area contributed by atoms with Crippen LogP contribution < -0.4 is 18.9 Å². The maximum absolute atomic E-state index is 2.62. The summed E-state index contributed by atoms with van der Waals surface area (Å²) >= 11 is 0. The van der Waals surface area contributed by atoms with Crippen molar-refractivity contribution in [1.29, 1.82) is 0 Å². The molecule has 0 radical (unpaired) electrons. The van der Waals surface area contributed by atoms with Gasteiger partial charge in [0.15, 0.2) is 0 Å². The van der Waals surface area contributed by atoms with Crippen molar-refractivity contribution in [2.24, 2.45) is 27.6 Å². The third-order valence-electron chi connectivity index (χ3n) is 10.8. The van der Waals surface area contributed by atoms with E-state index in [1.54, 1.807) is 28.2 Å². The Morgan fingerprint density at radius 2 is 1.60 bits per heavy atom.